The molecule has 4 aromatic carbocycles. The van der Waals surface area contributed by atoms with E-state index in [1.165, 1.54) is 0 Å². The molecule has 0 aromatic heterocycles. The van der Waals surface area contributed by atoms with Crippen LogP contribution < -0.4 is 9.47 Å². The van der Waals surface area contributed by atoms with Gasteiger partial charge in [-0.1, -0.05) is 59.7 Å². The Morgan fingerprint density at radius 2 is 0.912 bits per heavy atom. The first kappa shape index (κ1) is 22.7. The summed E-state index contributed by atoms with van der Waals surface area (Å²) in [5.41, 5.74) is 2.78. The van der Waals surface area contributed by atoms with Crippen LogP contribution in [0.1, 0.15) is 47.8 Å². The molecule has 0 aliphatic heterocycles. The number of esters is 2. The van der Waals surface area contributed by atoms with Gasteiger partial charge in [0, 0.05) is 0 Å². The summed E-state index contributed by atoms with van der Waals surface area (Å²) in [4.78, 5) is 38.9. The van der Waals surface area contributed by atoms with E-state index >= 15 is 0 Å². The zero-order valence-electron chi connectivity index (χ0n) is 18.8. The molecule has 5 heteroatoms. The van der Waals surface area contributed by atoms with Crippen molar-refractivity contribution in [3.63, 3.8) is 0 Å². The highest BCUT2D eigenvalue weighted by atomic mass is 16.5. The van der Waals surface area contributed by atoms with Gasteiger partial charge < -0.3 is 9.47 Å². The summed E-state index contributed by atoms with van der Waals surface area (Å²) in [5, 5.41) is 0. The number of aryl methyl sites for hydroxylation is 2. The van der Waals surface area contributed by atoms with E-state index in [2.05, 4.69) is 0 Å². The standard InChI is InChI=1S/C29H22O5/c1-19-13-15-25(33-28(31)21-9-5-3-6-10-21)23(17-19)27(30)24-18-20(2)14-16-26(24)34-29(32)22-11-7-4-8-12-22/h3-18H,1-2H3. The van der Waals surface area contributed by atoms with Gasteiger partial charge in [-0.2, -0.15) is 0 Å². The second kappa shape index (κ2) is 9.96. The molecule has 5 nitrogen and oxygen atoms in total. The van der Waals surface area contributed by atoms with Gasteiger partial charge in [0.15, 0.2) is 0 Å². The van der Waals surface area contributed by atoms with Gasteiger partial charge in [0.1, 0.15) is 11.5 Å². The zero-order valence-corrected chi connectivity index (χ0v) is 18.8. The number of hydrogen-bond donors (Lipinski definition) is 0. The van der Waals surface area contributed by atoms with Crippen LogP contribution in [0.4, 0.5) is 0 Å². The normalized spacial score (nSPS) is 10.4. The summed E-state index contributed by atoms with van der Waals surface area (Å²) < 4.78 is 11.2. The van der Waals surface area contributed by atoms with Gasteiger partial charge in [-0.3, -0.25) is 4.79 Å². The average Bonchev–Trinajstić information content (AvgIpc) is 2.86. The van der Waals surface area contributed by atoms with E-state index in [1.807, 2.05) is 13.8 Å². The molecule has 0 amide bonds. The third kappa shape index (κ3) is 5.10. The maximum atomic E-state index is 13.6. The predicted molar refractivity (Wildman–Crippen MR) is 129 cm³/mol. The van der Waals surface area contributed by atoms with Crippen LogP contribution in [0.2, 0.25) is 0 Å². The molecular weight excluding hydrogens is 428 g/mol. The van der Waals surface area contributed by atoms with E-state index in [9.17, 15) is 14.4 Å². The largest absolute Gasteiger partial charge is 0.422 e. The third-order valence-electron chi connectivity index (χ3n) is 5.18. The minimum Gasteiger partial charge on any atom is -0.422 e. The number of ketones is 1. The average molecular weight is 450 g/mol. The minimum absolute atomic E-state index is 0.131. The molecule has 0 fully saturated rings. The fraction of sp³-hybridized carbons (Fsp3) is 0.0690. The van der Waals surface area contributed by atoms with Crippen molar-refractivity contribution in [2.45, 2.75) is 13.8 Å². The molecule has 0 atom stereocenters. The summed E-state index contributed by atoms with van der Waals surface area (Å²) in [5.74, 6) is -1.30. The monoisotopic (exact) mass is 450 g/mol. The maximum Gasteiger partial charge on any atom is 0.343 e. The predicted octanol–water partition coefficient (Wildman–Crippen LogP) is 5.97. The summed E-state index contributed by atoms with van der Waals surface area (Å²) in [6.07, 6.45) is 0. The smallest absolute Gasteiger partial charge is 0.343 e. The summed E-state index contributed by atoms with van der Waals surface area (Å²) in [6.45, 7) is 3.68. The molecule has 0 saturated carbocycles. The van der Waals surface area contributed by atoms with Crippen molar-refractivity contribution >= 4 is 17.7 Å². The van der Waals surface area contributed by atoms with Crippen molar-refractivity contribution in [1.29, 1.82) is 0 Å². The molecule has 0 N–H and O–H groups in total. The highest BCUT2D eigenvalue weighted by Crippen LogP contribution is 2.29. The Kier molecular flexibility index (Phi) is 6.64. The molecule has 0 heterocycles. The van der Waals surface area contributed by atoms with Gasteiger partial charge in [0.2, 0.25) is 5.78 Å². The van der Waals surface area contributed by atoms with E-state index in [0.29, 0.717) is 11.1 Å². The van der Waals surface area contributed by atoms with Gasteiger partial charge in [-0.25, -0.2) is 9.59 Å². The first-order valence-corrected chi connectivity index (χ1v) is 10.7. The van der Waals surface area contributed by atoms with Gasteiger partial charge in [-0.15, -0.1) is 0 Å². The fourth-order valence-corrected chi connectivity index (χ4v) is 3.43. The highest BCUT2D eigenvalue weighted by Gasteiger charge is 2.23. The lowest BCUT2D eigenvalue weighted by molar-refractivity contribution is 0.0725. The molecule has 0 bridgehead atoms. The van der Waals surface area contributed by atoms with Gasteiger partial charge in [0.25, 0.3) is 0 Å². The van der Waals surface area contributed by atoms with E-state index in [0.717, 1.165) is 11.1 Å². The van der Waals surface area contributed by atoms with E-state index < -0.39 is 17.7 Å². The van der Waals surface area contributed by atoms with Crippen LogP contribution in [-0.2, 0) is 0 Å². The van der Waals surface area contributed by atoms with Gasteiger partial charge in [0.05, 0.1) is 22.3 Å². The Labute approximate surface area is 197 Å². The number of carbonyl (C=O) groups is 3. The molecule has 0 spiro atoms. The van der Waals surface area contributed by atoms with Crippen molar-refractivity contribution < 1.29 is 23.9 Å². The van der Waals surface area contributed by atoms with Gasteiger partial charge in [-0.05, 0) is 62.4 Å². The van der Waals surface area contributed by atoms with E-state index in [-0.39, 0.29) is 22.6 Å². The first-order valence-electron chi connectivity index (χ1n) is 10.7. The number of ether oxygens (including phenoxy) is 2. The topological polar surface area (TPSA) is 69.7 Å². The van der Waals surface area contributed by atoms with Crippen LogP contribution in [0.25, 0.3) is 0 Å². The molecule has 4 rings (SSSR count). The van der Waals surface area contributed by atoms with Crippen LogP contribution >= 0.6 is 0 Å². The van der Waals surface area contributed by atoms with Crippen molar-refractivity contribution in [2.75, 3.05) is 0 Å². The second-order valence-electron chi connectivity index (χ2n) is 7.84. The maximum absolute atomic E-state index is 13.6. The summed E-state index contributed by atoms with van der Waals surface area (Å²) in [6, 6.07) is 27.1. The number of benzene rings is 4. The molecule has 0 unspecified atom stereocenters. The van der Waals surface area contributed by atoms with Gasteiger partial charge >= 0.3 is 11.9 Å². The number of rotatable bonds is 6. The lowest BCUT2D eigenvalue weighted by atomic mass is 9.98. The number of carbonyl (C=O) groups excluding carboxylic acids is 3. The van der Waals surface area contributed by atoms with Crippen molar-refractivity contribution in [3.8, 4) is 11.5 Å². The zero-order chi connectivity index (χ0) is 24.1. The van der Waals surface area contributed by atoms with Crippen molar-refractivity contribution in [3.05, 3.63) is 130 Å². The van der Waals surface area contributed by atoms with Crippen LogP contribution in [0.5, 0.6) is 11.5 Å². The quantitative estimate of drug-likeness (QED) is 0.206. The lowest BCUT2D eigenvalue weighted by Crippen LogP contribution is -2.15. The Hall–Kier alpha value is -4.51. The van der Waals surface area contributed by atoms with Crippen molar-refractivity contribution in [2.24, 2.45) is 0 Å². The summed E-state index contributed by atoms with van der Waals surface area (Å²) in [7, 11) is 0. The molecule has 34 heavy (non-hydrogen) atoms. The van der Waals surface area contributed by atoms with E-state index in [4.69, 9.17) is 9.47 Å². The van der Waals surface area contributed by atoms with Crippen molar-refractivity contribution in [1.82, 2.24) is 0 Å². The Balaban J connectivity index is 1.69. The third-order valence-corrected chi connectivity index (χ3v) is 5.18. The molecule has 0 saturated heterocycles. The fourth-order valence-electron chi connectivity index (χ4n) is 3.43. The van der Waals surface area contributed by atoms with E-state index in [1.54, 1.807) is 97.1 Å². The Morgan fingerprint density at radius 3 is 1.29 bits per heavy atom. The van der Waals surface area contributed by atoms with Crippen LogP contribution in [0, 0.1) is 13.8 Å². The van der Waals surface area contributed by atoms with Crippen LogP contribution in [-0.4, -0.2) is 17.7 Å². The van der Waals surface area contributed by atoms with Crippen LogP contribution in [0.15, 0.2) is 97.1 Å². The van der Waals surface area contributed by atoms with Crippen LogP contribution in [0.3, 0.4) is 0 Å². The minimum atomic E-state index is -0.571. The molecule has 0 aliphatic rings. The Morgan fingerprint density at radius 1 is 0.529 bits per heavy atom. The SMILES string of the molecule is Cc1ccc(OC(=O)c2ccccc2)c(C(=O)c2cc(C)ccc2OC(=O)c2ccccc2)c1. The molecule has 0 aliphatic carbocycles. The second-order valence-corrected chi connectivity index (χ2v) is 7.84. The molecule has 0 radical (unpaired) electrons. The molecular formula is C29H22O5. The first-order chi connectivity index (χ1) is 16.4. The highest BCUT2D eigenvalue weighted by molar-refractivity contribution is 6.13. The molecule has 168 valence electrons. The molecule has 4 aromatic rings. The lowest BCUT2D eigenvalue weighted by Gasteiger charge is -2.14. The summed E-state index contributed by atoms with van der Waals surface area (Å²) >= 11 is 0. The number of hydrogen-bond acceptors (Lipinski definition) is 5. The Bertz CT molecular complexity index is 1250.